The highest BCUT2D eigenvalue weighted by Crippen LogP contribution is 2.17. The summed E-state index contributed by atoms with van der Waals surface area (Å²) in [6, 6.07) is -0.161. The van der Waals surface area contributed by atoms with Crippen LogP contribution in [0, 0.1) is 0 Å². The summed E-state index contributed by atoms with van der Waals surface area (Å²) in [5.41, 5.74) is 12.8. The largest absolute Gasteiger partial charge is 0.397 e. The number of rotatable bonds is 2. The van der Waals surface area contributed by atoms with Crippen LogP contribution in [0.15, 0.2) is 25.0 Å². The molecule has 0 aliphatic heterocycles. The van der Waals surface area contributed by atoms with Crippen LogP contribution >= 0.6 is 0 Å². The Morgan fingerprint density at radius 3 is 2.70 bits per heavy atom. The van der Waals surface area contributed by atoms with E-state index in [1.807, 2.05) is 0 Å². The first-order chi connectivity index (χ1) is 4.75. The van der Waals surface area contributed by atoms with E-state index in [0.717, 1.165) is 5.56 Å². The van der Waals surface area contributed by atoms with Crippen molar-refractivity contribution < 1.29 is 0 Å². The molecule has 0 aliphatic carbocycles. The first-order valence-electron chi connectivity index (χ1n) is 3.06. The lowest BCUT2D eigenvalue weighted by Crippen LogP contribution is -2.07. The van der Waals surface area contributed by atoms with Crippen molar-refractivity contribution in [2.24, 2.45) is 5.73 Å². The summed E-state index contributed by atoms with van der Waals surface area (Å²) in [5, 5.41) is 0. The van der Waals surface area contributed by atoms with E-state index in [0.29, 0.717) is 5.69 Å². The average molecular weight is 137 g/mol. The zero-order valence-corrected chi connectivity index (χ0v) is 5.67. The van der Waals surface area contributed by atoms with Crippen molar-refractivity contribution in [3.05, 3.63) is 30.6 Å². The Bertz CT molecular complexity index is 227. The molecule has 0 amide bonds. The number of hydrogen-bond acceptors (Lipinski definition) is 2. The number of H-pyrrole nitrogens is 1. The minimum Gasteiger partial charge on any atom is -0.397 e. The number of hydrogen-bond donors (Lipinski definition) is 3. The van der Waals surface area contributed by atoms with Gasteiger partial charge >= 0.3 is 0 Å². The molecule has 3 heteroatoms. The van der Waals surface area contributed by atoms with E-state index in [9.17, 15) is 0 Å². The molecule has 3 nitrogen and oxygen atoms in total. The predicted molar refractivity (Wildman–Crippen MR) is 42.3 cm³/mol. The fourth-order valence-electron chi connectivity index (χ4n) is 0.804. The topological polar surface area (TPSA) is 67.8 Å². The normalized spacial score (nSPS) is 12.9. The highest BCUT2D eigenvalue weighted by Gasteiger charge is 2.04. The molecule has 0 radical (unpaired) electrons. The van der Waals surface area contributed by atoms with E-state index in [2.05, 4.69) is 11.6 Å². The monoisotopic (exact) mass is 137 g/mol. The second-order valence-corrected chi connectivity index (χ2v) is 2.13. The van der Waals surface area contributed by atoms with Crippen LogP contribution in [0.2, 0.25) is 0 Å². The van der Waals surface area contributed by atoms with Gasteiger partial charge in [0.1, 0.15) is 0 Å². The lowest BCUT2D eigenvalue weighted by Gasteiger charge is -2.02. The lowest BCUT2D eigenvalue weighted by molar-refractivity contribution is 0.919. The van der Waals surface area contributed by atoms with Gasteiger partial charge in [-0.15, -0.1) is 6.58 Å². The number of nitrogen functional groups attached to an aromatic ring is 1. The quantitative estimate of drug-likeness (QED) is 0.527. The van der Waals surface area contributed by atoms with Crippen LogP contribution in [0.1, 0.15) is 11.6 Å². The fraction of sp³-hybridized carbons (Fsp3) is 0.143. The van der Waals surface area contributed by atoms with E-state index in [-0.39, 0.29) is 6.04 Å². The van der Waals surface area contributed by atoms with Gasteiger partial charge in [-0.1, -0.05) is 6.08 Å². The maximum atomic E-state index is 5.62. The number of anilines is 1. The van der Waals surface area contributed by atoms with Crippen LogP contribution in [0.5, 0.6) is 0 Å². The van der Waals surface area contributed by atoms with Gasteiger partial charge in [-0.2, -0.15) is 0 Å². The van der Waals surface area contributed by atoms with Gasteiger partial charge in [0.15, 0.2) is 0 Å². The zero-order chi connectivity index (χ0) is 7.56. The standard InChI is InChI=1S/C7H11N3/c1-2-6(8)5-3-10-4-7(5)9/h2-4,6,10H,1,8-9H2. The van der Waals surface area contributed by atoms with Crippen molar-refractivity contribution >= 4 is 5.69 Å². The summed E-state index contributed by atoms with van der Waals surface area (Å²) < 4.78 is 0. The van der Waals surface area contributed by atoms with E-state index in [1.54, 1.807) is 18.5 Å². The van der Waals surface area contributed by atoms with E-state index >= 15 is 0 Å². The van der Waals surface area contributed by atoms with Gasteiger partial charge in [-0.25, -0.2) is 0 Å². The fourth-order valence-corrected chi connectivity index (χ4v) is 0.804. The summed E-state index contributed by atoms with van der Waals surface area (Å²) in [6.45, 7) is 3.56. The van der Waals surface area contributed by atoms with Gasteiger partial charge in [0.05, 0.1) is 11.7 Å². The highest BCUT2D eigenvalue weighted by atomic mass is 14.8. The Morgan fingerprint density at radius 1 is 1.60 bits per heavy atom. The number of nitrogens with one attached hydrogen (secondary N) is 1. The van der Waals surface area contributed by atoms with Crippen molar-refractivity contribution in [1.82, 2.24) is 4.98 Å². The minimum atomic E-state index is -0.161. The lowest BCUT2D eigenvalue weighted by atomic mass is 10.1. The second kappa shape index (κ2) is 2.58. The average Bonchev–Trinajstić information content (AvgIpc) is 2.34. The Morgan fingerprint density at radius 2 is 2.30 bits per heavy atom. The second-order valence-electron chi connectivity index (χ2n) is 2.13. The molecule has 0 fully saturated rings. The van der Waals surface area contributed by atoms with Gasteiger partial charge < -0.3 is 16.5 Å². The van der Waals surface area contributed by atoms with Crippen LogP contribution in [0.25, 0.3) is 0 Å². The van der Waals surface area contributed by atoms with Gasteiger partial charge in [-0.3, -0.25) is 0 Å². The molecule has 10 heavy (non-hydrogen) atoms. The number of aromatic amines is 1. The summed E-state index contributed by atoms with van der Waals surface area (Å²) in [4.78, 5) is 2.86. The Labute approximate surface area is 59.7 Å². The van der Waals surface area contributed by atoms with E-state index in [1.165, 1.54) is 0 Å². The van der Waals surface area contributed by atoms with Crippen LogP contribution in [0.4, 0.5) is 5.69 Å². The maximum Gasteiger partial charge on any atom is 0.0543 e. The van der Waals surface area contributed by atoms with Crippen LogP contribution in [0.3, 0.4) is 0 Å². The highest BCUT2D eigenvalue weighted by molar-refractivity contribution is 5.47. The van der Waals surface area contributed by atoms with Crippen molar-refractivity contribution in [3.63, 3.8) is 0 Å². The molecule has 0 aliphatic rings. The van der Waals surface area contributed by atoms with Crippen molar-refractivity contribution in [2.45, 2.75) is 6.04 Å². The summed E-state index contributed by atoms with van der Waals surface area (Å²) in [7, 11) is 0. The summed E-state index contributed by atoms with van der Waals surface area (Å²) >= 11 is 0. The minimum absolute atomic E-state index is 0.161. The molecule has 5 N–H and O–H groups in total. The smallest absolute Gasteiger partial charge is 0.0543 e. The third-order valence-corrected chi connectivity index (χ3v) is 1.42. The molecule has 1 aromatic rings. The first kappa shape index (κ1) is 6.89. The molecule has 0 saturated carbocycles. The number of nitrogens with two attached hydrogens (primary N) is 2. The molecule has 1 aromatic heterocycles. The predicted octanol–water partition coefficient (Wildman–Crippen LogP) is 0.783. The molecule has 0 bridgehead atoms. The van der Waals surface area contributed by atoms with Crippen LogP contribution in [-0.4, -0.2) is 4.98 Å². The van der Waals surface area contributed by atoms with Gasteiger partial charge in [0, 0.05) is 18.0 Å². The van der Waals surface area contributed by atoms with E-state index < -0.39 is 0 Å². The molecule has 0 spiro atoms. The van der Waals surface area contributed by atoms with Crippen molar-refractivity contribution in [3.8, 4) is 0 Å². The van der Waals surface area contributed by atoms with Gasteiger partial charge in [-0.05, 0) is 0 Å². The number of aromatic nitrogens is 1. The maximum absolute atomic E-state index is 5.62. The molecular weight excluding hydrogens is 126 g/mol. The molecule has 1 heterocycles. The molecule has 0 aromatic carbocycles. The SMILES string of the molecule is C=CC(N)c1c[nH]cc1N. The summed E-state index contributed by atoms with van der Waals surface area (Å²) in [5.74, 6) is 0. The van der Waals surface area contributed by atoms with Gasteiger partial charge in [0.2, 0.25) is 0 Å². The molecular formula is C7H11N3. The Kier molecular flexibility index (Phi) is 1.78. The molecule has 1 rings (SSSR count). The Hall–Kier alpha value is -1.22. The third-order valence-electron chi connectivity index (χ3n) is 1.42. The van der Waals surface area contributed by atoms with E-state index in [4.69, 9.17) is 11.5 Å². The summed E-state index contributed by atoms with van der Waals surface area (Å²) in [6.07, 6.45) is 5.14. The Balaban J connectivity index is 2.92. The van der Waals surface area contributed by atoms with Crippen LogP contribution in [-0.2, 0) is 0 Å². The van der Waals surface area contributed by atoms with Gasteiger partial charge in [0.25, 0.3) is 0 Å². The zero-order valence-electron chi connectivity index (χ0n) is 5.67. The third kappa shape index (κ3) is 1.04. The van der Waals surface area contributed by atoms with Crippen molar-refractivity contribution in [2.75, 3.05) is 5.73 Å². The molecule has 1 atom stereocenters. The van der Waals surface area contributed by atoms with Crippen LogP contribution < -0.4 is 11.5 Å². The molecule has 54 valence electrons. The molecule has 0 saturated heterocycles. The van der Waals surface area contributed by atoms with Crippen molar-refractivity contribution in [1.29, 1.82) is 0 Å². The molecule has 1 unspecified atom stereocenters. The first-order valence-corrected chi connectivity index (χ1v) is 3.06.